The Labute approximate surface area is 224 Å². The second kappa shape index (κ2) is 11.3. The molecule has 1 unspecified atom stereocenters. The molecule has 0 bridgehead atoms. The molecule has 1 saturated heterocycles. The summed E-state index contributed by atoms with van der Waals surface area (Å²) in [5.41, 5.74) is 1.63. The first-order valence-corrected chi connectivity index (χ1v) is 12.7. The van der Waals surface area contributed by atoms with Gasteiger partial charge in [-0.25, -0.2) is 14.4 Å². The Hall–Kier alpha value is -3.76. The first kappa shape index (κ1) is 25.9. The number of fused-ring (bicyclic) bond motifs is 1. The van der Waals surface area contributed by atoms with E-state index in [0.29, 0.717) is 59.5 Å². The van der Waals surface area contributed by atoms with E-state index in [9.17, 15) is 14.0 Å². The molecule has 1 amide bonds. The van der Waals surface area contributed by atoms with Crippen LogP contribution in [-0.4, -0.2) is 59.1 Å². The molecule has 2 heterocycles. The van der Waals surface area contributed by atoms with Gasteiger partial charge in [-0.15, -0.1) is 0 Å². The summed E-state index contributed by atoms with van der Waals surface area (Å²) in [7, 11) is 0. The van der Waals surface area contributed by atoms with Crippen LogP contribution in [0.5, 0.6) is 5.75 Å². The summed E-state index contributed by atoms with van der Waals surface area (Å²) in [6.07, 6.45) is 6.81. The third kappa shape index (κ3) is 6.38. The summed E-state index contributed by atoms with van der Waals surface area (Å²) in [5, 5.41) is 6.65. The lowest BCUT2D eigenvalue weighted by molar-refractivity contribution is -0.153. The van der Waals surface area contributed by atoms with Gasteiger partial charge in [0, 0.05) is 35.8 Å². The molecule has 1 aromatic heterocycles. The number of nitrogens with one attached hydrogen (secondary N) is 2. The fourth-order valence-corrected chi connectivity index (χ4v) is 4.18. The van der Waals surface area contributed by atoms with Crippen molar-refractivity contribution >= 4 is 51.6 Å². The zero-order valence-electron chi connectivity index (χ0n) is 20.7. The van der Waals surface area contributed by atoms with Crippen molar-refractivity contribution in [1.82, 2.24) is 14.9 Å². The number of rotatable bonds is 9. The number of morpholine rings is 1. The molecule has 0 spiro atoms. The number of hydrogen-bond donors (Lipinski definition) is 2. The number of esters is 1. The van der Waals surface area contributed by atoms with Gasteiger partial charge >= 0.3 is 5.97 Å². The molecule has 2 fully saturated rings. The van der Waals surface area contributed by atoms with Crippen LogP contribution in [0.25, 0.3) is 10.9 Å². The van der Waals surface area contributed by atoms with Gasteiger partial charge in [-0.3, -0.25) is 14.5 Å². The van der Waals surface area contributed by atoms with E-state index in [0.717, 1.165) is 12.8 Å². The number of halogens is 2. The number of nitrogens with zero attached hydrogens (tertiary/aromatic N) is 3. The fraction of sp³-hybridized carbons (Fsp3) is 0.333. The Balaban J connectivity index is 1.37. The van der Waals surface area contributed by atoms with Gasteiger partial charge in [-0.2, -0.15) is 0 Å². The molecule has 38 heavy (non-hydrogen) atoms. The molecule has 5 rings (SSSR count). The maximum atomic E-state index is 13.6. The second-order valence-corrected chi connectivity index (χ2v) is 9.86. The molecule has 0 radical (unpaired) electrons. The van der Waals surface area contributed by atoms with Crippen molar-refractivity contribution in [3.8, 4) is 5.75 Å². The van der Waals surface area contributed by atoms with Crippen LogP contribution in [0, 0.1) is 11.7 Å². The minimum atomic E-state index is -0.519. The summed E-state index contributed by atoms with van der Waals surface area (Å²) in [6.45, 7) is 3.48. The topological polar surface area (TPSA) is 106 Å². The molecule has 2 N–H and O–H groups in total. The predicted octanol–water partition coefficient (Wildman–Crippen LogP) is 4.70. The van der Waals surface area contributed by atoms with E-state index in [1.807, 2.05) is 11.8 Å². The summed E-state index contributed by atoms with van der Waals surface area (Å²) < 4.78 is 24.7. The first-order valence-electron chi connectivity index (χ1n) is 12.4. The van der Waals surface area contributed by atoms with E-state index in [-0.39, 0.29) is 29.5 Å². The standard InChI is InChI=1S/C27H27ClFN5O4/c1-16-13-38-26(36)12-34(16)8-2-3-25(35)33-23-10-19-22(11-24(23)37-14-17-4-5-17)30-15-31-27(19)32-18-6-7-21(29)20(28)9-18/h2-3,6-7,9-11,15-17H,4-5,8,12-14H2,1H3,(H,33,35)(H,30,31,32). The van der Waals surface area contributed by atoms with Gasteiger partial charge in [-0.05, 0) is 49.9 Å². The molecule has 3 aromatic rings. The Morgan fingerprint density at radius 3 is 2.92 bits per heavy atom. The van der Waals surface area contributed by atoms with Crippen molar-refractivity contribution in [3.05, 3.63) is 59.7 Å². The Morgan fingerprint density at radius 2 is 2.13 bits per heavy atom. The van der Waals surface area contributed by atoms with Crippen molar-refractivity contribution in [2.75, 3.05) is 36.9 Å². The highest BCUT2D eigenvalue weighted by molar-refractivity contribution is 6.31. The largest absolute Gasteiger partial charge is 0.491 e. The number of aromatic nitrogens is 2. The SMILES string of the molecule is CC1COC(=O)CN1CC=CC(=O)Nc1cc2c(Nc3ccc(F)c(Cl)c3)ncnc2cc1OCC1CC1. The Kier molecular flexibility index (Phi) is 7.71. The highest BCUT2D eigenvalue weighted by Gasteiger charge is 2.24. The molecule has 1 saturated carbocycles. The smallest absolute Gasteiger partial charge is 0.320 e. The van der Waals surface area contributed by atoms with Crippen molar-refractivity contribution in [1.29, 1.82) is 0 Å². The van der Waals surface area contributed by atoms with E-state index in [1.165, 1.54) is 24.5 Å². The fourth-order valence-electron chi connectivity index (χ4n) is 4.00. The lowest BCUT2D eigenvalue weighted by Gasteiger charge is -2.31. The van der Waals surface area contributed by atoms with Gasteiger partial charge in [0.25, 0.3) is 0 Å². The van der Waals surface area contributed by atoms with Crippen LogP contribution in [0.3, 0.4) is 0 Å². The number of carbonyl (C=O) groups is 2. The Bertz CT molecular complexity index is 1400. The lowest BCUT2D eigenvalue weighted by Crippen LogP contribution is -2.46. The van der Waals surface area contributed by atoms with Crippen molar-refractivity contribution < 1.29 is 23.5 Å². The number of hydrogen-bond acceptors (Lipinski definition) is 8. The number of carbonyl (C=O) groups excluding carboxylic acids is 2. The van der Waals surface area contributed by atoms with Gasteiger partial charge in [0.1, 0.15) is 30.3 Å². The zero-order chi connectivity index (χ0) is 26.6. The minimum Gasteiger partial charge on any atom is -0.491 e. The summed E-state index contributed by atoms with van der Waals surface area (Å²) in [5.74, 6) is 0.346. The minimum absolute atomic E-state index is 0.0142. The Morgan fingerprint density at radius 1 is 1.29 bits per heavy atom. The molecular weight excluding hydrogens is 513 g/mol. The van der Waals surface area contributed by atoms with E-state index in [2.05, 4.69) is 20.6 Å². The van der Waals surface area contributed by atoms with Crippen LogP contribution in [-0.2, 0) is 14.3 Å². The van der Waals surface area contributed by atoms with E-state index in [1.54, 1.807) is 24.3 Å². The average Bonchev–Trinajstić information content (AvgIpc) is 3.72. The van der Waals surface area contributed by atoms with Crippen molar-refractivity contribution in [2.45, 2.75) is 25.8 Å². The molecule has 2 aliphatic rings. The molecule has 198 valence electrons. The third-order valence-electron chi connectivity index (χ3n) is 6.40. The monoisotopic (exact) mass is 539 g/mol. The van der Waals surface area contributed by atoms with Crippen LogP contribution in [0.4, 0.5) is 21.6 Å². The van der Waals surface area contributed by atoms with Crippen LogP contribution >= 0.6 is 11.6 Å². The second-order valence-electron chi connectivity index (χ2n) is 9.45. The molecule has 9 nitrogen and oxygen atoms in total. The van der Waals surface area contributed by atoms with Gasteiger partial charge < -0.3 is 20.1 Å². The normalized spacial score (nSPS) is 18.0. The summed E-state index contributed by atoms with van der Waals surface area (Å²) in [6, 6.07) is 7.88. The highest BCUT2D eigenvalue weighted by Crippen LogP contribution is 2.36. The molecule has 1 aliphatic heterocycles. The average molecular weight is 540 g/mol. The van der Waals surface area contributed by atoms with Crippen LogP contribution < -0.4 is 15.4 Å². The van der Waals surface area contributed by atoms with E-state index in [4.69, 9.17) is 21.1 Å². The molecule has 11 heteroatoms. The number of amides is 1. The summed E-state index contributed by atoms with van der Waals surface area (Å²) in [4.78, 5) is 35.0. The number of ether oxygens (including phenoxy) is 2. The number of benzene rings is 2. The molecule has 1 atom stereocenters. The summed E-state index contributed by atoms with van der Waals surface area (Å²) >= 11 is 5.93. The predicted molar refractivity (Wildman–Crippen MR) is 142 cm³/mol. The quantitative estimate of drug-likeness (QED) is 0.298. The van der Waals surface area contributed by atoms with Gasteiger partial charge in [0.15, 0.2) is 0 Å². The van der Waals surface area contributed by atoms with Crippen molar-refractivity contribution in [2.24, 2.45) is 5.92 Å². The van der Waals surface area contributed by atoms with Crippen molar-refractivity contribution in [3.63, 3.8) is 0 Å². The molecule has 2 aromatic carbocycles. The highest BCUT2D eigenvalue weighted by atomic mass is 35.5. The molecule has 1 aliphatic carbocycles. The number of anilines is 3. The first-order chi connectivity index (χ1) is 18.4. The van der Waals surface area contributed by atoms with Gasteiger partial charge in [0.05, 0.1) is 29.4 Å². The maximum Gasteiger partial charge on any atom is 0.320 e. The van der Waals surface area contributed by atoms with Gasteiger partial charge in [0.2, 0.25) is 5.91 Å². The maximum absolute atomic E-state index is 13.6. The lowest BCUT2D eigenvalue weighted by atomic mass is 10.1. The van der Waals surface area contributed by atoms with Gasteiger partial charge in [-0.1, -0.05) is 17.7 Å². The molecular formula is C27H27ClFN5O4. The third-order valence-corrected chi connectivity index (χ3v) is 6.69. The van der Waals surface area contributed by atoms with Crippen LogP contribution in [0.15, 0.2) is 48.8 Å². The number of cyclic esters (lactones) is 1. The van der Waals surface area contributed by atoms with Crippen LogP contribution in [0.2, 0.25) is 5.02 Å². The zero-order valence-corrected chi connectivity index (χ0v) is 21.5. The van der Waals surface area contributed by atoms with Crippen LogP contribution in [0.1, 0.15) is 19.8 Å². The van der Waals surface area contributed by atoms with E-state index < -0.39 is 5.82 Å². The van der Waals surface area contributed by atoms with E-state index >= 15 is 0 Å².